The van der Waals surface area contributed by atoms with Gasteiger partial charge in [-0.05, 0) is 61.4 Å². The number of hydrogen-bond donors (Lipinski definition) is 2. The molecule has 1 aliphatic heterocycles. The third-order valence-electron chi connectivity index (χ3n) is 6.19. The number of rotatable bonds is 9. The molecule has 2 N–H and O–H groups in total. The minimum atomic E-state index is -0.389. The number of aromatic nitrogens is 1. The molecule has 0 fully saturated rings. The van der Waals surface area contributed by atoms with Crippen LogP contribution in [0, 0.1) is 17.1 Å². The second-order valence-corrected chi connectivity index (χ2v) is 9.04. The number of ether oxygens (including phenoxy) is 4. The normalized spacial score (nSPS) is 12.7. The molecule has 10 heteroatoms. The maximum atomic E-state index is 13.2. The predicted octanol–water partition coefficient (Wildman–Crippen LogP) is 6.50. The third-order valence-corrected chi connectivity index (χ3v) is 6.19. The molecule has 0 aliphatic carbocycles. The van der Waals surface area contributed by atoms with Crippen LogP contribution < -0.4 is 29.6 Å². The summed E-state index contributed by atoms with van der Waals surface area (Å²) >= 11 is 0. The molecular formula is C30H27FN4O5. The Morgan fingerprint density at radius 3 is 2.58 bits per heavy atom. The number of nitrogens with one attached hydrogen (secondary N) is 2. The minimum Gasteiger partial charge on any atom is -0.489 e. The van der Waals surface area contributed by atoms with Gasteiger partial charge in [-0.3, -0.25) is 4.98 Å². The first kappa shape index (κ1) is 26.6. The number of nitrogens with zero attached hydrogens (tertiary/aromatic N) is 2. The van der Waals surface area contributed by atoms with Gasteiger partial charge in [0.2, 0.25) is 5.75 Å². The van der Waals surface area contributed by atoms with Crippen molar-refractivity contribution in [3.05, 3.63) is 78.2 Å². The van der Waals surface area contributed by atoms with Crippen molar-refractivity contribution in [1.29, 1.82) is 5.26 Å². The number of unbranched alkanes of at least 4 members (excludes halogenated alkanes) is 1. The van der Waals surface area contributed by atoms with E-state index in [1.54, 1.807) is 54.7 Å². The van der Waals surface area contributed by atoms with E-state index in [1.807, 2.05) is 6.92 Å². The lowest BCUT2D eigenvalue weighted by atomic mass is 10.1. The quantitative estimate of drug-likeness (QED) is 0.232. The van der Waals surface area contributed by atoms with E-state index >= 15 is 0 Å². The summed E-state index contributed by atoms with van der Waals surface area (Å²) in [7, 11) is 0. The molecule has 2 amide bonds. The van der Waals surface area contributed by atoms with E-state index in [0.29, 0.717) is 78.0 Å². The summed E-state index contributed by atoms with van der Waals surface area (Å²) in [5.41, 5.74) is 1.98. The highest BCUT2D eigenvalue weighted by molar-refractivity contribution is 5.95. The fourth-order valence-electron chi connectivity index (χ4n) is 4.23. The molecule has 9 nitrogen and oxygen atoms in total. The molecule has 1 aromatic heterocycles. The summed E-state index contributed by atoms with van der Waals surface area (Å²) < 4.78 is 37.1. The van der Waals surface area contributed by atoms with Crippen LogP contribution in [0.25, 0.3) is 10.9 Å². The van der Waals surface area contributed by atoms with Gasteiger partial charge in [0, 0.05) is 24.4 Å². The van der Waals surface area contributed by atoms with Crippen molar-refractivity contribution in [2.45, 2.75) is 25.8 Å². The Morgan fingerprint density at radius 1 is 1.07 bits per heavy atom. The molecule has 0 saturated heterocycles. The van der Waals surface area contributed by atoms with Crippen LogP contribution in [0.3, 0.4) is 0 Å². The third kappa shape index (κ3) is 6.15. The van der Waals surface area contributed by atoms with E-state index < -0.39 is 0 Å². The van der Waals surface area contributed by atoms with Gasteiger partial charge in [0.05, 0.1) is 29.6 Å². The Labute approximate surface area is 230 Å². The van der Waals surface area contributed by atoms with E-state index in [4.69, 9.17) is 24.2 Å². The molecule has 5 rings (SSSR count). The number of anilines is 1. The summed E-state index contributed by atoms with van der Waals surface area (Å²) in [5.74, 6) is 2.22. The molecule has 204 valence electrons. The molecule has 0 spiro atoms. The van der Waals surface area contributed by atoms with Gasteiger partial charge in [0.15, 0.2) is 11.5 Å². The van der Waals surface area contributed by atoms with Gasteiger partial charge in [0.25, 0.3) is 0 Å². The second kappa shape index (κ2) is 12.2. The number of fused-ring (bicyclic) bond motifs is 3. The Morgan fingerprint density at radius 2 is 1.82 bits per heavy atom. The lowest BCUT2D eigenvalue weighted by molar-refractivity contribution is 0.164. The molecule has 0 unspecified atom stereocenters. The highest BCUT2D eigenvalue weighted by atomic mass is 19.1. The molecule has 1 atom stereocenters. The number of urea groups is 1. The highest BCUT2D eigenvalue weighted by Gasteiger charge is 2.24. The first-order valence-corrected chi connectivity index (χ1v) is 12.8. The van der Waals surface area contributed by atoms with Crippen molar-refractivity contribution >= 4 is 22.6 Å². The predicted molar refractivity (Wildman–Crippen MR) is 147 cm³/mol. The Kier molecular flexibility index (Phi) is 8.11. The fourth-order valence-corrected chi connectivity index (χ4v) is 4.23. The summed E-state index contributed by atoms with van der Waals surface area (Å²) in [6, 6.07) is 17.8. The van der Waals surface area contributed by atoms with Crippen molar-refractivity contribution in [2.24, 2.45) is 0 Å². The van der Waals surface area contributed by atoms with Crippen LogP contribution in [0.5, 0.6) is 28.7 Å². The SMILES string of the molecule is C[C@@H](NC(=O)Nc1ccc(Oc2ccnc3cc(OCCCC#N)c4c(c23)OCCO4)cc1)c1ccc(F)cc1. The average molecular weight is 543 g/mol. The molecule has 0 bridgehead atoms. The van der Waals surface area contributed by atoms with Gasteiger partial charge < -0.3 is 29.6 Å². The zero-order valence-corrected chi connectivity index (χ0v) is 21.8. The molecule has 4 aromatic rings. The Balaban J connectivity index is 1.29. The van der Waals surface area contributed by atoms with Gasteiger partial charge in [0.1, 0.15) is 30.5 Å². The summed E-state index contributed by atoms with van der Waals surface area (Å²) in [6.07, 6.45) is 2.63. The molecule has 40 heavy (non-hydrogen) atoms. The smallest absolute Gasteiger partial charge is 0.319 e. The zero-order valence-electron chi connectivity index (χ0n) is 21.8. The lowest BCUT2D eigenvalue weighted by Gasteiger charge is -2.23. The van der Waals surface area contributed by atoms with E-state index in [2.05, 4.69) is 21.7 Å². The van der Waals surface area contributed by atoms with E-state index in [0.717, 1.165) is 5.56 Å². The van der Waals surface area contributed by atoms with Crippen molar-refractivity contribution in [2.75, 3.05) is 25.1 Å². The van der Waals surface area contributed by atoms with E-state index in [9.17, 15) is 9.18 Å². The number of hydrogen-bond acceptors (Lipinski definition) is 7. The first-order valence-electron chi connectivity index (χ1n) is 12.8. The standard InChI is InChI=1S/C30H27FN4O5/c1-19(20-4-6-21(31)7-5-20)34-30(36)35-22-8-10-23(11-9-22)40-25-12-14-33-24-18-26(37-15-3-2-13-32)28-29(27(24)25)39-17-16-38-28/h4-12,14,18-19H,2-3,15-17H2,1H3,(H2,34,35,36)/t19-/m1/s1. The van der Waals surface area contributed by atoms with Gasteiger partial charge in [-0.15, -0.1) is 0 Å². The molecule has 1 aliphatic rings. The maximum Gasteiger partial charge on any atom is 0.319 e. The van der Waals surface area contributed by atoms with Gasteiger partial charge in [-0.1, -0.05) is 12.1 Å². The van der Waals surface area contributed by atoms with Gasteiger partial charge >= 0.3 is 6.03 Å². The number of pyridine rings is 1. The topological polar surface area (TPSA) is 115 Å². The Bertz CT molecular complexity index is 1540. The summed E-state index contributed by atoms with van der Waals surface area (Å²) in [6.45, 7) is 2.94. The van der Waals surface area contributed by atoms with Crippen molar-refractivity contribution in [1.82, 2.24) is 10.3 Å². The van der Waals surface area contributed by atoms with E-state index in [1.165, 1.54) is 12.1 Å². The zero-order chi connectivity index (χ0) is 27.9. The molecule has 3 aromatic carbocycles. The van der Waals surface area contributed by atoms with E-state index in [-0.39, 0.29) is 17.9 Å². The highest BCUT2D eigenvalue weighted by Crippen LogP contribution is 2.48. The number of nitriles is 1. The number of benzene rings is 3. The fraction of sp³-hybridized carbons (Fsp3) is 0.233. The van der Waals surface area contributed by atoms with Crippen LogP contribution in [0.2, 0.25) is 0 Å². The second-order valence-electron chi connectivity index (χ2n) is 9.04. The molecular weight excluding hydrogens is 515 g/mol. The lowest BCUT2D eigenvalue weighted by Crippen LogP contribution is -2.31. The molecule has 0 radical (unpaired) electrons. The summed E-state index contributed by atoms with van der Waals surface area (Å²) in [4.78, 5) is 16.9. The molecule has 0 saturated carbocycles. The number of carbonyl (C=O) groups excluding carboxylic acids is 1. The first-order chi connectivity index (χ1) is 19.5. The van der Waals surface area contributed by atoms with Crippen LogP contribution in [-0.4, -0.2) is 30.8 Å². The molecule has 2 heterocycles. The average Bonchev–Trinajstić information content (AvgIpc) is 2.96. The van der Waals surface area contributed by atoms with Gasteiger partial charge in [-0.25, -0.2) is 9.18 Å². The maximum absolute atomic E-state index is 13.2. The van der Waals surface area contributed by atoms with Crippen LogP contribution in [-0.2, 0) is 0 Å². The number of amides is 2. The number of carbonyl (C=O) groups is 1. The van der Waals surface area contributed by atoms with Crippen molar-refractivity contribution in [3.8, 4) is 34.8 Å². The van der Waals surface area contributed by atoms with Crippen molar-refractivity contribution in [3.63, 3.8) is 0 Å². The number of halogens is 1. The minimum absolute atomic E-state index is 0.302. The summed E-state index contributed by atoms with van der Waals surface area (Å²) in [5, 5.41) is 15.0. The van der Waals surface area contributed by atoms with Crippen LogP contribution in [0.1, 0.15) is 31.4 Å². The van der Waals surface area contributed by atoms with Crippen molar-refractivity contribution < 1.29 is 28.1 Å². The largest absolute Gasteiger partial charge is 0.489 e. The van der Waals surface area contributed by atoms with Crippen LogP contribution in [0.4, 0.5) is 14.9 Å². The van der Waals surface area contributed by atoms with Crippen LogP contribution >= 0.6 is 0 Å². The monoisotopic (exact) mass is 542 g/mol. The van der Waals surface area contributed by atoms with Gasteiger partial charge in [-0.2, -0.15) is 5.26 Å². The Hall–Kier alpha value is -5.04. The van der Waals surface area contributed by atoms with Crippen LogP contribution in [0.15, 0.2) is 66.9 Å².